The fourth-order valence-electron chi connectivity index (χ4n) is 7.89. The van der Waals surface area contributed by atoms with Crippen LogP contribution in [0.25, 0.3) is 0 Å². The Morgan fingerprint density at radius 2 is 1.36 bits per heavy atom. The third kappa shape index (κ3) is 18.7. The quantitative estimate of drug-likeness (QED) is 0.0385. The van der Waals surface area contributed by atoms with Crippen molar-refractivity contribution >= 4 is 70.5 Å². The normalized spacial score (nSPS) is 15.2. The molecule has 0 aliphatic rings. The Hall–Kier alpha value is -6.89. The molecule has 2 aromatic rings. The van der Waals surface area contributed by atoms with E-state index >= 15 is 0 Å². The number of hydrogen-bond acceptors (Lipinski definition) is 13. The predicted octanol–water partition coefficient (Wildman–Crippen LogP) is 2.31. The first-order valence-electron chi connectivity index (χ1n) is 23.8. The molecule has 10 atom stereocenters. The summed E-state index contributed by atoms with van der Waals surface area (Å²) in [5.41, 5.74) is 0.948. The number of hydrogen-bond donors (Lipinski definition) is 7. The number of nitrogens with one attached hydrogen (secondary N) is 6. The lowest BCUT2D eigenvalue weighted by molar-refractivity contribution is -0.149. The minimum atomic E-state index is -1.59. The number of aliphatic carboxylic acids is 1. The van der Waals surface area contributed by atoms with Crippen LogP contribution in [0.5, 0.6) is 0 Å². The summed E-state index contributed by atoms with van der Waals surface area (Å²) >= 11 is 1.09. The van der Waals surface area contributed by atoms with Gasteiger partial charge in [-0.1, -0.05) is 85.2 Å². The molecule has 0 bridgehead atoms. The summed E-state index contributed by atoms with van der Waals surface area (Å²) in [5, 5.41) is 26.4. The van der Waals surface area contributed by atoms with E-state index in [0.29, 0.717) is 17.8 Å². The Bertz CT molecular complexity index is 2280. The second kappa shape index (κ2) is 28.8. The van der Waals surface area contributed by atoms with Gasteiger partial charge >= 0.3 is 11.9 Å². The Labute approximate surface area is 426 Å². The molecule has 22 heteroatoms. The first kappa shape index (κ1) is 61.2. The molecule has 0 fully saturated rings. The van der Waals surface area contributed by atoms with E-state index in [4.69, 9.17) is 11.2 Å². The molecule has 7 N–H and O–H groups in total. The van der Waals surface area contributed by atoms with Gasteiger partial charge in [-0.2, -0.15) is 0 Å². The van der Waals surface area contributed by atoms with Crippen molar-refractivity contribution in [1.82, 2.24) is 46.7 Å². The van der Waals surface area contributed by atoms with E-state index in [1.807, 2.05) is 51.1 Å². The summed E-state index contributed by atoms with van der Waals surface area (Å²) < 4.78 is 5.78. The van der Waals surface area contributed by atoms with Crippen LogP contribution in [-0.2, 0) is 54.3 Å². The summed E-state index contributed by atoms with van der Waals surface area (Å²) in [6.07, 6.45) is 3.56. The molecule has 1 aromatic carbocycles. The minimum absolute atomic E-state index is 0.0411. The third-order valence-electron chi connectivity index (χ3n) is 12.1. The number of thiazole rings is 1. The highest BCUT2D eigenvalue weighted by molar-refractivity contribution is 7.09. The van der Waals surface area contributed by atoms with Crippen molar-refractivity contribution in [2.24, 2.45) is 23.7 Å². The van der Waals surface area contributed by atoms with Crippen molar-refractivity contribution in [3.8, 4) is 12.3 Å². The highest BCUT2D eigenvalue weighted by Crippen LogP contribution is 2.31. The number of esters is 1. The van der Waals surface area contributed by atoms with Gasteiger partial charge in [0, 0.05) is 51.8 Å². The number of likely N-dealkylation sites (N-methyl/N-ethyl adjacent to an activating group) is 2. The number of nitrogens with zero attached hydrogens (tertiary/aromatic N) is 3. The largest absolute Gasteiger partial charge is 0.481 e. The van der Waals surface area contributed by atoms with E-state index < -0.39 is 125 Å². The second-order valence-corrected chi connectivity index (χ2v) is 19.6. The number of carboxylic acids is 1. The molecule has 0 saturated heterocycles. The van der Waals surface area contributed by atoms with Gasteiger partial charge in [0.25, 0.3) is 17.7 Å². The number of benzene rings is 1. The Morgan fingerprint density at radius 1 is 0.750 bits per heavy atom. The van der Waals surface area contributed by atoms with Gasteiger partial charge < -0.3 is 51.5 Å². The molecule has 21 nitrogen and oxygen atoms in total. The molecule has 72 heavy (non-hydrogen) atoms. The van der Waals surface area contributed by atoms with Gasteiger partial charge in [0.05, 0.1) is 5.92 Å². The van der Waals surface area contributed by atoms with Crippen LogP contribution >= 0.6 is 11.3 Å². The zero-order valence-corrected chi connectivity index (χ0v) is 44.3. The van der Waals surface area contributed by atoms with Crippen LogP contribution in [0.4, 0.5) is 0 Å². The van der Waals surface area contributed by atoms with E-state index in [1.165, 1.54) is 43.0 Å². The number of carbonyl (C=O) groups is 10. The fraction of sp³-hybridized carbons (Fsp3) is 0.580. The van der Waals surface area contributed by atoms with Crippen LogP contribution in [0.3, 0.4) is 0 Å². The number of terminal acetylenes is 1. The van der Waals surface area contributed by atoms with Crippen molar-refractivity contribution in [1.29, 1.82) is 0 Å². The second-order valence-electron chi connectivity index (χ2n) is 18.7. The average Bonchev–Trinajstić information content (AvgIpc) is 3.81. The highest BCUT2D eigenvalue weighted by atomic mass is 32.1. The van der Waals surface area contributed by atoms with E-state index in [9.17, 15) is 53.1 Å². The first-order chi connectivity index (χ1) is 33.6. The van der Waals surface area contributed by atoms with Crippen molar-refractivity contribution in [2.45, 2.75) is 150 Å². The van der Waals surface area contributed by atoms with Crippen molar-refractivity contribution in [2.75, 3.05) is 14.1 Å². The lowest BCUT2D eigenvalue weighted by Gasteiger charge is -2.38. The van der Waals surface area contributed by atoms with Crippen molar-refractivity contribution in [3.05, 3.63) is 52.0 Å². The van der Waals surface area contributed by atoms with Crippen LogP contribution in [0, 0.1) is 36.0 Å². The van der Waals surface area contributed by atoms with E-state index in [-0.39, 0.29) is 24.5 Å². The first-order valence-corrected chi connectivity index (χ1v) is 24.7. The maximum atomic E-state index is 14.6. The lowest BCUT2D eigenvalue weighted by Crippen LogP contribution is -2.61. The molecule has 2 unspecified atom stereocenters. The van der Waals surface area contributed by atoms with Crippen LogP contribution < -0.4 is 31.9 Å². The topological polar surface area (TPSA) is 292 Å². The van der Waals surface area contributed by atoms with Gasteiger partial charge in [-0.15, -0.1) is 17.8 Å². The van der Waals surface area contributed by atoms with Gasteiger partial charge in [0.15, 0.2) is 12.3 Å². The maximum Gasteiger partial charge on any atom is 0.306 e. The Kier molecular flexibility index (Phi) is 24.5. The smallest absolute Gasteiger partial charge is 0.306 e. The highest BCUT2D eigenvalue weighted by Gasteiger charge is 2.39. The molecular weight excluding hydrogens is 951 g/mol. The minimum Gasteiger partial charge on any atom is -0.481 e. The van der Waals surface area contributed by atoms with E-state index in [2.05, 4.69) is 36.9 Å². The monoisotopic (exact) mass is 1020 g/mol. The number of carboxylic acid groups (broad SMARTS) is 1. The van der Waals surface area contributed by atoms with Gasteiger partial charge in [0.1, 0.15) is 34.9 Å². The molecule has 0 spiro atoms. The Morgan fingerprint density at radius 3 is 1.89 bits per heavy atom. The SMILES string of the molecule is C#CC(=O)NC(NC(C)=O)C(=O)N[C@@H](C)C(=O)N[C@@H](C)C(=O)N(C)[C@H](C(=O)N[C@H](C(=O)N(C)[C@H](C[C@@H](OC(C)=O)c1nc(C(=O)N[C@@H](Cc2ccccc2)CC(C)C(=O)O)cs1)C(C)C)[C@@H](C)CC)C(C)C. The third-order valence-corrected chi connectivity index (χ3v) is 13.0. The van der Waals surface area contributed by atoms with Crippen LogP contribution in [0.1, 0.15) is 123 Å². The molecule has 396 valence electrons. The summed E-state index contributed by atoms with van der Waals surface area (Å²) in [4.78, 5) is 137. The summed E-state index contributed by atoms with van der Waals surface area (Å²) in [6.45, 7) is 17.5. The standard InChI is InChI=1S/C50H73N9O12S/c1-15-28(7)40(57-45(65)41(27(5)6)59(14)48(67)31(10)52-43(63)30(9)51-46(66)42(53-32(11)60)56-39(62)16-2)49(68)58(13)37(26(3)4)24-38(71-33(12)61)47-55-36(25-72-47)44(64)54-35(22-29(8)50(69)70)23-34-20-18-17-19-21-34/h2,17-21,25-31,35,37-38,40-42H,15,22-24H2,1,3-14H3,(H,51,66)(H,52,63)(H,53,60)(H,54,64)(H,56,62)(H,57,65)(H,69,70)/t28-,29?,30-,31-,35+,37+,38+,40-,41-,42?/m0/s1. The van der Waals surface area contributed by atoms with Crippen LogP contribution in [0.2, 0.25) is 0 Å². The van der Waals surface area contributed by atoms with E-state index in [1.54, 1.807) is 40.7 Å². The number of ether oxygens (including phenoxy) is 1. The summed E-state index contributed by atoms with van der Waals surface area (Å²) in [5.74, 6) is -7.45. The molecule has 2 rings (SSSR count). The fourth-order valence-corrected chi connectivity index (χ4v) is 8.73. The van der Waals surface area contributed by atoms with Crippen LogP contribution in [0.15, 0.2) is 35.7 Å². The van der Waals surface area contributed by atoms with E-state index in [0.717, 1.165) is 23.8 Å². The zero-order valence-electron chi connectivity index (χ0n) is 43.5. The maximum absolute atomic E-state index is 14.6. The van der Waals surface area contributed by atoms with Gasteiger partial charge in [0.2, 0.25) is 29.5 Å². The average molecular weight is 1020 g/mol. The summed E-state index contributed by atoms with van der Waals surface area (Å²) in [6, 6.07) is 3.51. The number of amides is 8. The molecular formula is C50H73N9O12S. The number of rotatable bonds is 27. The van der Waals surface area contributed by atoms with Gasteiger partial charge in [-0.05, 0) is 55.9 Å². The predicted molar refractivity (Wildman–Crippen MR) is 268 cm³/mol. The molecule has 0 aliphatic heterocycles. The lowest BCUT2D eigenvalue weighted by atomic mass is 9.92. The van der Waals surface area contributed by atoms with Crippen molar-refractivity contribution < 1.29 is 57.8 Å². The molecule has 1 aromatic heterocycles. The molecule has 1 heterocycles. The summed E-state index contributed by atoms with van der Waals surface area (Å²) in [7, 11) is 2.97. The molecule has 8 amide bonds. The Balaban J connectivity index is 2.32. The molecule has 0 saturated carbocycles. The van der Waals surface area contributed by atoms with Crippen LogP contribution in [-0.4, -0.2) is 136 Å². The zero-order chi connectivity index (χ0) is 54.7. The number of carbonyl (C=O) groups excluding carboxylic acids is 9. The molecule has 0 aliphatic carbocycles. The number of aromatic nitrogens is 1. The van der Waals surface area contributed by atoms with Crippen molar-refractivity contribution in [3.63, 3.8) is 0 Å². The molecule has 0 radical (unpaired) electrons. The van der Waals surface area contributed by atoms with Gasteiger partial charge in [-0.25, -0.2) is 4.98 Å². The van der Waals surface area contributed by atoms with Gasteiger partial charge in [-0.3, -0.25) is 47.9 Å².